The molecule has 0 amide bonds. The topological polar surface area (TPSA) is 74.9 Å². The molecule has 0 saturated carbocycles. The number of aromatic nitrogens is 1. The van der Waals surface area contributed by atoms with Gasteiger partial charge < -0.3 is 24.7 Å². The van der Waals surface area contributed by atoms with Gasteiger partial charge in [0.2, 0.25) is 0 Å². The Hall–Kier alpha value is -1.81. The number of anilines is 1. The highest BCUT2D eigenvalue weighted by Crippen LogP contribution is 2.18. The number of aryl methyl sites for hydroxylation is 1. The molecule has 2 aromatic rings. The van der Waals surface area contributed by atoms with E-state index in [9.17, 15) is 0 Å². The summed E-state index contributed by atoms with van der Waals surface area (Å²) in [6.07, 6.45) is 9.12. The largest absolute Gasteiger partial charge is 0.469 e. The Morgan fingerprint density at radius 2 is 2.10 bits per heavy atom. The molecule has 0 radical (unpaired) electrons. The lowest BCUT2D eigenvalue weighted by Gasteiger charge is -2.34. The first kappa shape index (κ1) is 23.8. The molecule has 8 heteroatoms. The molecule has 2 fully saturated rings. The number of ether oxygens (including phenoxy) is 1. The van der Waals surface area contributed by atoms with Crippen LogP contribution in [-0.4, -0.2) is 55.9 Å². The van der Waals surface area contributed by atoms with Crippen LogP contribution in [0.15, 0.2) is 46.1 Å². The summed E-state index contributed by atoms with van der Waals surface area (Å²) >= 11 is 0. The fourth-order valence-electron chi connectivity index (χ4n) is 3.99. The second-order valence-corrected chi connectivity index (χ2v) is 8.18. The van der Waals surface area contributed by atoms with Crippen LogP contribution in [0.2, 0.25) is 0 Å². The first-order valence-corrected chi connectivity index (χ1v) is 11.1. The van der Waals surface area contributed by atoms with Gasteiger partial charge in [-0.05, 0) is 56.4 Å². The molecule has 2 N–H and O–H groups in total. The van der Waals surface area contributed by atoms with E-state index in [-0.39, 0.29) is 30.1 Å². The molecular formula is C23H34IN5O2. The van der Waals surface area contributed by atoms with Crippen LogP contribution in [0.4, 0.5) is 5.82 Å². The smallest absolute Gasteiger partial charge is 0.191 e. The van der Waals surface area contributed by atoms with Crippen LogP contribution < -0.4 is 15.5 Å². The van der Waals surface area contributed by atoms with Crippen LogP contribution in [0.25, 0.3) is 0 Å². The van der Waals surface area contributed by atoms with Gasteiger partial charge in [0.1, 0.15) is 11.6 Å². The molecule has 31 heavy (non-hydrogen) atoms. The fraction of sp³-hybridized carbons (Fsp3) is 0.565. The van der Waals surface area contributed by atoms with Crippen molar-refractivity contribution in [3.63, 3.8) is 0 Å². The summed E-state index contributed by atoms with van der Waals surface area (Å²) < 4.78 is 11.2. The fourth-order valence-corrected chi connectivity index (χ4v) is 3.99. The Balaban J connectivity index is 0.00000272. The van der Waals surface area contributed by atoms with Crippen molar-refractivity contribution in [1.82, 2.24) is 15.6 Å². The number of rotatable bonds is 7. The number of piperidine rings is 1. The zero-order chi connectivity index (χ0) is 20.6. The molecule has 7 nitrogen and oxygen atoms in total. The lowest BCUT2D eigenvalue weighted by atomic mass is 10.1. The van der Waals surface area contributed by atoms with E-state index in [2.05, 4.69) is 39.6 Å². The summed E-state index contributed by atoms with van der Waals surface area (Å²) in [7, 11) is 0. The highest BCUT2D eigenvalue weighted by atomic mass is 127. The van der Waals surface area contributed by atoms with Crippen molar-refractivity contribution in [2.45, 2.75) is 51.2 Å². The first-order valence-electron chi connectivity index (χ1n) is 11.1. The molecule has 0 bridgehead atoms. The van der Waals surface area contributed by atoms with E-state index in [1.165, 1.54) is 5.56 Å². The number of hydrogen-bond donors (Lipinski definition) is 2. The Morgan fingerprint density at radius 3 is 2.77 bits per heavy atom. The molecule has 2 saturated heterocycles. The van der Waals surface area contributed by atoms with Crippen LogP contribution in [0.1, 0.15) is 37.0 Å². The van der Waals surface area contributed by atoms with Gasteiger partial charge in [-0.1, -0.05) is 6.07 Å². The first-order chi connectivity index (χ1) is 14.8. The van der Waals surface area contributed by atoms with Gasteiger partial charge in [0, 0.05) is 44.9 Å². The van der Waals surface area contributed by atoms with Crippen molar-refractivity contribution in [2.75, 3.05) is 37.7 Å². The Bertz CT molecular complexity index is 783. The van der Waals surface area contributed by atoms with Crippen molar-refractivity contribution in [3.05, 3.63) is 48.0 Å². The molecule has 2 aliphatic rings. The quantitative estimate of drug-likeness (QED) is 0.319. The van der Waals surface area contributed by atoms with Gasteiger partial charge in [0.25, 0.3) is 0 Å². The van der Waals surface area contributed by atoms with E-state index in [4.69, 9.17) is 14.1 Å². The van der Waals surface area contributed by atoms with E-state index in [0.29, 0.717) is 12.6 Å². The SMILES string of the molecule is Cc1ccc(N2CCC(NC(=NCC3CCCO3)NCCc3ccco3)CC2)nc1.I. The molecular weight excluding hydrogens is 505 g/mol. The van der Waals surface area contributed by atoms with Crippen molar-refractivity contribution in [1.29, 1.82) is 0 Å². The summed E-state index contributed by atoms with van der Waals surface area (Å²) in [5.74, 6) is 2.94. The second-order valence-electron chi connectivity index (χ2n) is 8.18. The molecule has 4 heterocycles. The van der Waals surface area contributed by atoms with Gasteiger partial charge >= 0.3 is 0 Å². The van der Waals surface area contributed by atoms with Gasteiger partial charge in [-0.2, -0.15) is 0 Å². The molecule has 4 rings (SSSR count). The Labute approximate surface area is 202 Å². The monoisotopic (exact) mass is 539 g/mol. The zero-order valence-electron chi connectivity index (χ0n) is 18.3. The Morgan fingerprint density at radius 1 is 1.23 bits per heavy atom. The summed E-state index contributed by atoms with van der Waals surface area (Å²) in [6, 6.07) is 8.59. The van der Waals surface area contributed by atoms with Crippen molar-refractivity contribution >= 4 is 35.8 Å². The van der Waals surface area contributed by atoms with Gasteiger partial charge in [0.05, 0.1) is 18.9 Å². The summed E-state index contributed by atoms with van der Waals surface area (Å²) in [6.45, 7) is 6.43. The minimum absolute atomic E-state index is 0. The average molecular weight is 539 g/mol. The number of guanidine groups is 1. The molecule has 0 aromatic carbocycles. The van der Waals surface area contributed by atoms with Crippen molar-refractivity contribution in [2.24, 2.45) is 4.99 Å². The van der Waals surface area contributed by atoms with Crippen molar-refractivity contribution < 1.29 is 9.15 Å². The van der Waals surface area contributed by atoms with Crippen LogP contribution in [0.5, 0.6) is 0 Å². The number of halogens is 1. The third-order valence-corrected chi connectivity index (χ3v) is 5.78. The molecule has 0 aliphatic carbocycles. The summed E-state index contributed by atoms with van der Waals surface area (Å²) in [5.41, 5.74) is 1.20. The zero-order valence-corrected chi connectivity index (χ0v) is 20.6. The van der Waals surface area contributed by atoms with Crippen molar-refractivity contribution in [3.8, 4) is 0 Å². The molecule has 0 spiro atoms. The normalized spacial score (nSPS) is 19.8. The summed E-state index contributed by atoms with van der Waals surface area (Å²) in [5, 5.41) is 7.12. The Kier molecular flexibility index (Phi) is 9.45. The maximum absolute atomic E-state index is 5.74. The molecule has 2 aliphatic heterocycles. The standard InChI is InChI=1S/C23H33N5O2.HI/c1-18-6-7-22(25-16-18)28-12-9-19(10-13-28)27-23(26-17-21-5-3-15-30-21)24-11-8-20-4-2-14-29-20;/h2,4,6-7,14,16,19,21H,3,5,8-13,15,17H2,1H3,(H2,24,26,27);1H. The third-order valence-electron chi connectivity index (χ3n) is 5.78. The maximum Gasteiger partial charge on any atom is 0.191 e. The minimum atomic E-state index is 0. The number of nitrogens with zero attached hydrogens (tertiary/aromatic N) is 3. The summed E-state index contributed by atoms with van der Waals surface area (Å²) in [4.78, 5) is 11.8. The maximum atomic E-state index is 5.74. The number of pyridine rings is 1. The van der Waals surface area contributed by atoms with Gasteiger partial charge in [-0.3, -0.25) is 4.99 Å². The van der Waals surface area contributed by atoms with E-state index < -0.39 is 0 Å². The number of furan rings is 1. The number of aliphatic imine (C=N–C) groups is 1. The van der Waals surface area contributed by atoms with Crippen LogP contribution in [0.3, 0.4) is 0 Å². The molecule has 1 atom stereocenters. The third kappa shape index (κ3) is 7.38. The average Bonchev–Trinajstić information content (AvgIpc) is 3.47. The van der Waals surface area contributed by atoms with E-state index in [1.54, 1.807) is 6.26 Å². The van der Waals surface area contributed by atoms with Crippen LogP contribution >= 0.6 is 24.0 Å². The van der Waals surface area contributed by atoms with E-state index in [0.717, 1.165) is 75.9 Å². The highest BCUT2D eigenvalue weighted by molar-refractivity contribution is 14.0. The molecule has 2 aromatic heterocycles. The second kappa shape index (κ2) is 12.3. The van der Waals surface area contributed by atoms with Gasteiger partial charge in [0.15, 0.2) is 5.96 Å². The highest BCUT2D eigenvalue weighted by Gasteiger charge is 2.21. The number of hydrogen-bond acceptors (Lipinski definition) is 5. The minimum Gasteiger partial charge on any atom is -0.469 e. The lowest BCUT2D eigenvalue weighted by Crippen LogP contribution is -2.49. The molecule has 1 unspecified atom stereocenters. The predicted octanol–water partition coefficient (Wildman–Crippen LogP) is 3.53. The lowest BCUT2D eigenvalue weighted by molar-refractivity contribution is 0.117. The van der Waals surface area contributed by atoms with E-state index >= 15 is 0 Å². The molecule has 170 valence electrons. The van der Waals surface area contributed by atoms with Gasteiger partial charge in [-0.25, -0.2) is 4.98 Å². The van der Waals surface area contributed by atoms with Gasteiger partial charge in [-0.15, -0.1) is 24.0 Å². The predicted molar refractivity (Wildman–Crippen MR) is 134 cm³/mol. The van der Waals surface area contributed by atoms with Crippen LogP contribution in [-0.2, 0) is 11.2 Å². The van der Waals surface area contributed by atoms with E-state index in [1.807, 2.05) is 18.3 Å². The van der Waals surface area contributed by atoms with Crippen LogP contribution in [0, 0.1) is 6.92 Å². The number of nitrogens with one attached hydrogen (secondary N) is 2.